The van der Waals surface area contributed by atoms with Crippen molar-refractivity contribution in [2.45, 2.75) is 46.3 Å². The molecule has 174 valence electrons. The number of nitrogens with one attached hydrogen (secondary N) is 1. The van der Waals surface area contributed by atoms with Gasteiger partial charge in [0.2, 0.25) is 0 Å². The van der Waals surface area contributed by atoms with Crippen LogP contribution in [0.15, 0.2) is 30.3 Å². The van der Waals surface area contributed by atoms with Gasteiger partial charge in [-0.25, -0.2) is 0 Å². The van der Waals surface area contributed by atoms with Crippen LogP contribution in [0.3, 0.4) is 0 Å². The van der Waals surface area contributed by atoms with E-state index in [1.165, 1.54) is 25.3 Å². The zero-order valence-electron chi connectivity index (χ0n) is 18.7. The molecule has 0 spiro atoms. The topological polar surface area (TPSA) is 77.5 Å². The maximum Gasteiger partial charge on any atom is 0.422 e. The molecule has 0 aliphatic carbocycles. The molecule has 6 nitrogen and oxygen atoms in total. The maximum absolute atomic E-state index is 12.8. The first-order valence-corrected chi connectivity index (χ1v) is 10.1. The van der Waals surface area contributed by atoms with E-state index >= 15 is 0 Å². The lowest BCUT2D eigenvalue weighted by molar-refractivity contribution is -0.153. The summed E-state index contributed by atoms with van der Waals surface area (Å²) < 4.78 is 46.9. The molecule has 1 unspecified atom stereocenters. The lowest BCUT2D eigenvalue weighted by Crippen LogP contribution is -2.27. The summed E-state index contributed by atoms with van der Waals surface area (Å²) in [5.41, 5.74) is 2.28. The fourth-order valence-electron chi connectivity index (χ4n) is 2.96. The van der Waals surface area contributed by atoms with E-state index in [0.717, 1.165) is 11.3 Å². The maximum atomic E-state index is 12.8. The first-order chi connectivity index (χ1) is 14.9. The van der Waals surface area contributed by atoms with E-state index in [1.54, 1.807) is 13.0 Å². The largest absolute Gasteiger partial charge is 0.496 e. The van der Waals surface area contributed by atoms with Gasteiger partial charge >= 0.3 is 6.18 Å². The molecule has 32 heavy (non-hydrogen) atoms. The predicted octanol–water partition coefficient (Wildman–Crippen LogP) is 4.60. The molecule has 1 aromatic carbocycles. The molecule has 0 saturated carbocycles. The average molecular weight is 452 g/mol. The molecular weight excluding hydrogens is 425 g/mol. The highest BCUT2D eigenvalue weighted by Crippen LogP contribution is 2.27. The average Bonchev–Trinajstić information content (AvgIpc) is 2.70. The molecule has 0 aliphatic heterocycles. The van der Waals surface area contributed by atoms with Crippen molar-refractivity contribution in [3.8, 4) is 11.5 Å². The zero-order valence-corrected chi connectivity index (χ0v) is 18.7. The molecular formula is C23H27F3N2O4. The molecule has 2 rings (SSSR count). The van der Waals surface area contributed by atoms with Gasteiger partial charge in [-0.2, -0.15) is 13.2 Å². The van der Waals surface area contributed by atoms with Gasteiger partial charge in [-0.15, -0.1) is 0 Å². The number of methoxy groups -OCH3 is 1. The Morgan fingerprint density at radius 3 is 2.41 bits per heavy atom. The SMILES string of the molecule is COc1cc(OCC(F)(F)F)ccc1C(=O)NC(C)c1cc(C)nc(CC(=O)C(C)C)c1. The molecule has 0 bridgehead atoms. The van der Waals surface area contributed by atoms with Gasteiger partial charge in [0.05, 0.1) is 18.7 Å². The van der Waals surface area contributed by atoms with Gasteiger partial charge in [0.25, 0.3) is 5.91 Å². The first-order valence-electron chi connectivity index (χ1n) is 10.1. The molecule has 2 aromatic rings. The van der Waals surface area contributed by atoms with Crippen LogP contribution in [0.5, 0.6) is 11.5 Å². The molecule has 1 aromatic heterocycles. The normalized spacial score (nSPS) is 12.4. The van der Waals surface area contributed by atoms with E-state index in [-0.39, 0.29) is 35.2 Å². The molecule has 1 atom stereocenters. The Balaban J connectivity index is 2.16. The number of alkyl halides is 3. The molecule has 0 radical (unpaired) electrons. The number of pyridine rings is 1. The van der Waals surface area contributed by atoms with E-state index in [1.807, 2.05) is 26.8 Å². The van der Waals surface area contributed by atoms with Gasteiger partial charge < -0.3 is 14.8 Å². The lowest BCUT2D eigenvalue weighted by Gasteiger charge is -2.18. The molecule has 0 fully saturated rings. The molecule has 1 amide bonds. The number of rotatable bonds is 9. The van der Waals surface area contributed by atoms with Crippen LogP contribution in [0, 0.1) is 12.8 Å². The summed E-state index contributed by atoms with van der Waals surface area (Å²) >= 11 is 0. The summed E-state index contributed by atoms with van der Waals surface area (Å²) in [6, 6.07) is 7.04. The summed E-state index contributed by atoms with van der Waals surface area (Å²) in [6.07, 6.45) is -4.26. The Kier molecular flexibility index (Phi) is 8.24. The molecule has 0 aliphatic rings. The Morgan fingerprint density at radius 1 is 1.12 bits per heavy atom. The van der Waals surface area contributed by atoms with E-state index in [2.05, 4.69) is 10.3 Å². The summed E-state index contributed by atoms with van der Waals surface area (Å²) in [4.78, 5) is 29.3. The highest BCUT2D eigenvalue weighted by atomic mass is 19.4. The van der Waals surface area contributed by atoms with Crippen LogP contribution in [0.1, 0.15) is 54.1 Å². The van der Waals surface area contributed by atoms with Crippen LogP contribution < -0.4 is 14.8 Å². The predicted molar refractivity (Wildman–Crippen MR) is 113 cm³/mol. The van der Waals surface area contributed by atoms with Crippen molar-refractivity contribution < 1.29 is 32.2 Å². The summed E-state index contributed by atoms with van der Waals surface area (Å²) in [6.45, 7) is 5.81. The lowest BCUT2D eigenvalue weighted by atomic mass is 10.0. The van der Waals surface area contributed by atoms with Crippen LogP contribution in [0.25, 0.3) is 0 Å². The fourth-order valence-corrected chi connectivity index (χ4v) is 2.96. The van der Waals surface area contributed by atoms with Gasteiger partial charge in [0.15, 0.2) is 6.61 Å². The highest BCUT2D eigenvalue weighted by molar-refractivity contribution is 5.97. The Labute approximate surface area is 185 Å². The third-order valence-corrected chi connectivity index (χ3v) is 4.70. The molecule has 1 heterocycles. The quantitative estimate of drug-likeness (QED) is 0.602. The van der Waals surface area contributed by atoms with Crippen molar-refractivity contribution in [3.05, 3.63) is 52.8 Å². The van der Waals surface area contributed by atoms with Gasteiger partial charge in [-0.05, 0) is 43.7 Å². The van der Waals surface area contributed by atoms with Gasteiger partial charge in [-0.1, -0.05) is 13.8 Å². The number of ketones is 1. The van der Waals surface area contributed by atoms with Crippen molar-refractivity contribution >= 4 is 11.7 Å². The summed E-state index contributed by atoms with van der Waals surface area (Å²) in [7, 11) is 1.31. The monoisotopic (exact) mass is 452 g/mol. The second kappa shape index (κ2) is 10.5. The number of Topliss-reactive ketones (excluding diaryl/α,β-unsaturated/α-hetero) is 1. The summed E-state index contributed by atoms with van der Waals surface area (Å²) in [5.74, 6) is -0.473. The number of aryl methyl sites for hydroxylation is 1. The van der Waals surface area contributed by atoms with Gasteiger partial charge in [-0.3, -0.25) is 14.6 Å². The summed E-state index contributed by atoms with van der Waals surface area (Å²) in [5, 5.41) is 2.84. The Morgan fingerprint density at radius 2 is 1.81 bits per heavy atom. The Hall–Kier alpha value is -3.10. The molecule has 0 saturated heterocycles. The van der Waals surface area contributed by atoms with Crippen LogP contribution >= 0.6 is 0 Å². The van der Waals surface area contributed by atoms with Crippen LogP contribution in [-0.4, -0.2) is 36.6 Å². The number of nitrogens with zero attached hydrogens (tertiary/aromatic N) is 1. The van der Waals surface area contributed by atoms with Crippen molar-refractivity contribution in [2.24, 2.45) is 5.92 Å². The number of halogens is 3. The number of hydrogen-bond donors (Lipinski definition) is 1. The fraction of sp³-hybridized carbons (Fsp3) is 0.435. The van der Waals surface area contributed by atoms with Crippen LogP contribution in [0.4, 0.5) is 13.2 Å². The van der Waals surface area contributed by atoms with Crippen molar-refractivity contribution in [2.75, 3.05) is 13.7 Å². The Bertz CT molecular complexity index is 974. The van der Waals surface area contributed by atoms with E-state index < -0.39 is 24.7 Å². The smallest absolute Gasteiger partial charge is 0.422 e. The minimum atomic E-state index is -4.47. The minimum Gasteiger partial charge on any atom is -0.496 e. The third-order valence-electron chi connectivity index (χ3n) is 4.70. The molecule has 9 heteroatoms. The van der Waals surface area contributed by atoms with Crippen molar-refractivity contribution in [1.82, 2.24) is 10.3 Å². The van der Waals surface area contributed by atoms with Crippen molar-refractivity contribution in [1.29, 1.82) is 0 Å². The van der Waals surface area contributed by atoms with Crippen LogP contribution in [-0.2, 0) is 11.2 Å². The van der Waals surface area contributed by atoms with E-state index in [4.69, 9.17) is 9.47 Å². The van der Waals surface area contributed by atoms with E-state index in [9.17, 15) is 22.8 Å². The standard InChI is InChI=1S/C23H27F3N2O4/c1-13(2)20(29)10-17-9-16(8-14(3)27-17)15(4)28-22(30)19-7-6-18(11-21(19)31-5)32-12-23(24,25)26/h6-9,11,13,15H,10,12H2,1-5H3,(H,28,30). The van der Waals surface area contributed by atoms with Gasteiger partial charge in [0.1, 0.15) is 17.3 Å². The minimum absolute atomic E-state index is 0.0620. The molecule has 1 N–H and O–H groups in total. The number of hydrogen-bond acceptors (Lipinski definition) is 5. The first kappa shape index (κ1) is 25.2. The second-order valence-corrected chi connectivity index (χ2v) is 7.79. The zero-order chi connectivity index (χ0) is 24.1. The number of ether oxygens (including phenoxy) is 2. The van der Waals surface area contributed by atoms with Gasteiger partial charge in [0, 0.05) is 29.8 Å². The number of amides is 1. The highest BCUT2D eigenvalue weighted by Gasteiger charge is 2.28. The van der Waals surface area contributed by atoms with Crippen molar-refractivity contribution in [3.63, 3.8) is 0 Å². The number of benzene rings is 1. The second-order valence-electron chi connectivity index (χ2n) is 7.79. The number of carbonyl (C=O) groups excluding carboxylic acids is 2. The van der Waals surface area contributed by atoms with E-state index in [0.29, 0.717) is 5.69 Å². The van der Waals surface area contributed by atoms with Crippen LogP contribution in [0.2, 0.25) is 0 Å². The third kappa shape index (κ3) is 7.25. The number of aromatic nitrogens is 1. The number of carbonyl (C=O) groups is 2.